The molecule has 1 aliphatic rings. The van der Waals surface area contributed by atoms with Crippen LogP contribution in [0.3, 0.4) is 0 Å². The minimum Gasteiger partial charge on any atom is -0.464 e. The van der Waals surface area contributed by atoms with Crippen LogP contribution in [-0.4, -0.2) is 17.8 Å². The van der Waals surface area contributed by atoms with E-state index in [1.165, 1.54) is 0 Å². The fraction of sp³-hybridized carbons (Fsp3) is 0.429. The van der Waals surface area contributed by atoms with Gasteiger partial charge in [-0.3, -0.25) is 0 Å². The summed E-state index contributed by atoms with van der Waals surface area (Å²) in [6, 6.07) is 6.21. The average Bonchev–Trinajstić information content (AvgIpc) is 2.71. The summed E-state index contributed by atoms with van der Waals surface area (Å²) in [5, 5.41) is 14.6. The normalized spacial score (nSPS) is 25.3. The minimum absolute atomic E-state index is 0.0578. The number of hydrogen-bond acceptors (Lipinski definition) is 3. The molecule has 1 aromatic heterocycles. The zero-order chi connectivity index (χ0) is 11.8. The lowest BCUT2D eigenvalue weighted by molar-refractivity contribution is 0.0966. The van der Waals surface area contributed by atoms with Crippen molar-refractivity contribution >= 4 is 11.0 Å². The second-order valence-corrected chi connectivity index (χ2v) is 4.82. The van der Waals surface area contributed by atoms with Gasteiger partial charge in [0, 0.05) is 5.39 Å². The van der Waals surface area contributed by atoms with Gasteiger partial charge in [0.25, 0.3) is 0 Å². The van der Waals surface area contributed by atoms with Gasteiger partial charge < -0.3 is 14.8 Å². The van der Waals surface area contributed by atoms with Gasteiger partial charge in [-0.1, -0.05) is 6.07 Å². The van der Waals surface area contributed by atoms with Gasteiger partial charge in [0.05, 0.1) is 18.4 Å². The number of aryl methyl sites for hydroxylation is 1. The molecule has 0 amide bonds. The zero-order valence-corrected chi connectivity index (χ0v) is 9.94. The molecule has 2 heterocycles. The summed E-state index contributed by atoms with van der Waals surface area (Å²) in [7, 11) is 0. The number of benzene rings is 1. The van der Waals surface area contributed by atoms with Gasteiger partial charge in [0.2, 0.25) is 0 Å². The molecular formula is C14H17NO2. The van der Waals surface area contributed by atoms with Gasteiger partial charge in [-0.2, -0.15) is 0 Å². The van der Waals surface area contributed by atoms with Crippen molar-refractivity contribution in [3.8, 4) is 0 Å². The maximum atomic E-state index is 10.0. The predicted molar refractivity (Wildman–Crippen MR) is 66.9 cm³/mol. The summed E-state index contributed by atoms with van der Waals surface area (Å²) >= 11 is 0. The number of nitrogens with one attached hydrogen (secondary N) is 1. The van der Waals surface area contributed by atoms with Crippen molar-refractivity contribution in [3.63, 3.8) is 0 Å². The van der Waals surface area contributed by atoms with Crippen LogP contribution >= 0.6 is 0 Å². The molecule has 1 aliphatic heterocycles. The van der Waals surface area contributed by atoms with Gasteiger partial charge in [-0.05, 0) is 49.6 Å². The summed E-state index contributed by atoms with van der Waals surface area (Å²) in [4.78, 5) is 0. The summed E-state index contributed by atoms with van der Waals surface area (Å²) in [6.07, 6.45) is 3.41. The summed E-state index contributed by atoms with van der Waals surface area (Å²) in [6.45, 7) is 3.02. The second kappa shape index (κ2) is 4.17. The molecule has 2 aromatic rings. The van der Waals surface area contributed by atoms with E-state index in [1.54, 1.807) is 6.26 Å². The molecule has 1 fully saturated rings. The molecule has 1 saturated heterocycles. The molecule has 3 rings (SSSR count). The monoisotopic (exact) mass is 231 g/mol. The molecule has 90 valence electrons. The topological polar surface area (TPSA) is 45.4 Å². The molecule has 3 heteroatoms. The van der Waals surface area contributed by atoms with E-state index in [0.29, 0.717) is 0 Å². The molecule has 2 atom stereocenters. The van der Waals surface area contributed by atoms with E-state index in [-0.39, 0.29) is 12.1 Å². The second-order valence-electron chi connectivity index (χ2n) is 4.82. The molecule has 0 radical (unpaired) electrons. The highest BCUT2D eigenvalue weighted by Gasteiger charge is 2.24. The first-order valence-electron chi connectivity index (χ1n) is 6.15. The molecule has 0 spiro atoms. The van der Waals surface area contributed by atoms with Crippen molar-refractivity contribution in [1.82, 2.24) is 5.32 Å². The van der Waals surface area contributed by atoms with Crippen LogP contribution in [0.2, 0.25) is 0 Å². The lowest BCUT2D eigenvalue weighted by atomic mass is 9.94. The summed E-state index contributed by atoms with van der Waals surface area (Å²) in [5.41, 5.74) is 3.21. The van der Waals surface area contributed by atoms with Crippen LogP contribution in [0, 0.1) is 6.92 Å². The summed E-state index contributed by atoms with van der Waals surface area (Å²) in [5.74, 6) is 0. The smallest absolute Gasteiger partial charge is 0.134 e. The first-order valence-corrected chi connectivity index (χ1v) is 6.15. The fourth-order valence-corrected chi connectivity index (χ4v) is 2.58. The maximum Gasteiger partial charge on any atom is 0.134 e. The highest BCUT2D eigenvalue weighted by Crippen LogP contribution is 2.28. The molecular weight excluding hydrogens is 214 g/mol. The SMILES string of the molecule is Cc1coc2ccc(C3NCCCC3O)cc12. The van der Waals surface area contributed by atoms with E-state index in [4.69, 9.17) is 4.42 Å². The van der Waals surface area contributed by atoms with Crippen LogP contribution in [-0.2, 0) is 0 Å². The third-order valence-corrected chi connectivity index (χ3v) is 3.58. The van der Waals surface area contributed by atoms with E-state index in [1.807, 2.05) is 19.1 Å². The van der Waals surface area contributed by atoms with E-state index >= 15 is 0 Å². The third-order valence-electron chi connectivity index (χ3n) is 3.58. The van der Waals surface area contributed by atoms with Crippen LogP contribution in [0.25, 0.3) is 11.0 Å². The molecule has 2 unspecified atom stereocenters. The van der Waals surface area contributed by atoms with Gasteiger partial charge >= 0.3 is 0 Å². The lowest BCUT2D eigenvalue weighted by Gasteiger charge is -2.29. The molecule has 3 nitrogen and oxygen atoms in total. The molecule has 2 N–H and O–H groups in total. The standard InChI is InChI=1S/C14H17NO2/c1-9-8-17-13-5-4-10(7-11(9)13)14-12(16)3-2-6-15-14/h4-5,7-8,12,14-16H,2-3,6H2,1H3. The molecule has 0 bridgehead atoms. The number of hydrogen-bond donors (Lipinski definition) is 2. The number of aliphatic hydroxyl groups is 1. The quantitative estimate of drug-likeness (QED) is 0.792. The number of aliphatic hydroxyl groups excluding tert-OH is 1. The van der Waals surface area contributed by atoms with Gasteiger partial charge in [0.15, 0.2) is 0 Å². The minimum atomic E-state index is -0.284. The van der Waals surface area contributed by atoms with Crippen LogP contribution in [0.1, 0.15) is 30.0 Å². The van der Waals surface area contributed by atoms with E-state index in [2.05, 4.69) is 11.4 Å². The fourth-order valence-electron chi connectivity index (χ4n) is 2.58. The Hall–Kier alpha value is -1.32. The molecule has 17 heavy (non-hydrogen) atoms. The molecule has 0 aliphatic carbocycles. The van der Waals surface area contributed by atoms with Gasteiger partial charge in [-0.25, -0.2) is 0 Å². The molecule has 1 aromatic carbocycles. The predicted octanol–water partition coefficient (Wildman–Crippen LogP) is 2.53. The van der Waals surface area contributed by atoms with E-state index < -0.39 is 0 Å². The number of fused-ring (bicyclic) bond motifs is 1. The average molecular weight is 231 g/mol. The Balaban J connectivity index is 2.01. The Labute approximate surface area is 100 Å². The van der Waals surface area contributed by atoms with Crippen LogP contribution in [0.4, 0.5) is 0 Å². The van der Waals surface area contributed by atoms with Crippen LogP contribution < -0.4 is 5.32 Å². The lowest BCUT2D eigenvalue weighted by Crippen LogP contribution is -2.37. The zero-order valence-electron chi connectivity index (χ0n) is 9.94. The van der Waals surface area contributed by atoms with Crippen molar-refractivity contribution in [3.05, 3.63) is 35.6 Å². The van der Waals surface area contributed by atoms with Crippen molar-refractivity contribution < 1.29 is 9.52 Å². The number of furan rings is 1. The summed E-state index contributed by atoms with van der Waals surface area (Å²) < 4.78 is 5.43. The Morgan fingerprint density at radius 2 is 2.29 bits per heavy atom. The molecule has 0 saturated carbocycles. The van der Waals surface area contributed by atoms with Gasteiger partial charge in [0.1, 0.15) is 5.58 Å². The Morgan fingerprint density at radius 1 is 1.41 bits per heavy atom. The number of piperidine rings is 1. The Bertz CT molecular complexity index is 532. The highest BCUT2D eigenvalue weighted by atomic mass is 16.3. The van der Waals surface area contributed by atoms with Gasteiger partial charge in [-0.15, -0.1) is 0 Å². The van der Waals surface area contributed by atoms with Crippen molar-refractivity contribution in [2.75, 3.05) is 6.54 Å². The van der Waals surface area contributed by atoms with Crippen molar-refractivity contribution in [2.45, 2.75) is 31.9 Å². The van der Waals surface area contributed by atoms with E-state index in [9.17, 15) is 5.11 Å². The highest BCUT2D eigenvalue weighted by molar-refractivity contribution is 5.81. The Morgan fingerprint density at radius 3 is 3.12 bits per heavy atom. The third kappa shape index (κ3) is 1.85. The first-order chi connectivity index (χ1) is 8.25. The Kier molecular flexibility index (Phi) is 2.65. The first kappa shape index (κ1) is 10.8. The van der Waals surface area contributed by atoms with Crippen molar-refractivity contribution in [1.29, 1.82) is 0 Å². The maximum absolute atomic E-state index is 10.0. The number of rotatable bonds is 1. The van der Waals surface area contributed by atoms with E-state index in [0.717, 1.165) is 41.5 Å². The largest absolute Gasteiger partial charge is 0.464 e. The van der Waals surface area contributed by atoms with Crippen LogP contribution in [0.15, 0.2) is 28.9 Å². The van der Waals surface area contributed by atoms with Crippen LogP contribution in [0.5, 0.6) is 0 Å². The van der Waals surface area contributed by atoms with Crippen molar-refractivity contribution in [2.24, 2.45) is 0 Å².